The molecule has 0 aromatic heterocycles. The summed E-state index contributed by atoms with van der Waals surface area (Å²) in [5.41, 5.74) is 2.15. The van der Waals surface area contributed by atoms with Gasteiger partial charge in [0.1, 0.15) is 11.5 Å². The molecule has 0 spiro atoms. The minimum absolute atomic E-state index is 0.199. The molecule has 0 radical (unpaired) electrons. The first-order valence-corrected chi connectivity index (χ1v) is 7.43. The van der Waals surface area contributed by atoms with Crippen LogP contribution in [0, 0.1) is 13.8 Å². The van der Waals surface area contributed by atoms with Gasteiger partial charge >= 0.3 is 0 Å². The Morgan fingerprint density at radius 3 is 1.58 bits per heavy atom. The van der Waals surface area contributed by atoms with E-state index in [1.54, 1.807) is 0 Å². The second-order valence-corrected chi connectivity index (χ2v) is 6.06. The van der Waals surface area contributed by atoms with Crippen LogP contribution in [0.1, 0.15) is 11.1 Å². The van der Waals surface area contributed by atoms with Gasteiger partial charge in [-0.2, -0.15) is 0 Å². The zero-order valence-electron chi connectivity index (χ0n) is 10.7. The van der Waals surface area contributed by atoms with Crippen molar-refractivity contribution < 1.29 is 9.47 Å². The maximum atomic E-state index is 5.63. The smallest absolute Gasteiger partial charge is 0.230 e. The molecule has 0 N–H and O–H groups in total. The van der Waals surface area contributed by atoms with Gasteiger partial charge in [-0.15, -0.1) is 0 Å². The third-order valence-electron chi connectivity index (χ3n) is 2.70. The predicted octanol–water partition coefficient (Wildman–Crippen LogP) is 5.24. The summed E-state index contributed by atoms with van der Waals surface area (Å²) in [5, 5.41) is 0. The predicted molar refractivity (Wildman–Crippen MR) is 83.9 cm³/mol. The summed E-state index contributed by atoms with van der Waals surface area (Å²) in [6, 6.07) is 11.8. The lowest BCUT2D eigenvalue weighted by molar-refractivity contribution is 0.118. The second-order valence-electron chi connectivity index (χ2n) is 4.23. The molecule has 0 fully saturated rings. The molecule has 2 aromatic carbocycles. The third kappa shape index (κ3) is 3.98. The topological polar surface area (TPSA) is 18.5 Å². The fourth-order valence-electron chi connectivity index (χ4n) is 1.71. The summed E-state index contributed by atoms with van der Waals surface area (Å²) < 4.78 is 13.3. The zero-order chi connectivity index (χ0) is 13.8. The molecule has 0 aliphatic rings. The number of aryl methyl sites for hydroxylation is 2. The first-order chi connectivity index (χ1) is 9.06. The molecule has 4 heteroatoms. The third-order valence-corrected chi connectivity index (χ3v) is 3.69. The Morgan fingerprint density at radius 2 is 1.21 bits per heavy atom. The normalized spacial score (nSPS) is 10.3. The molecule has 0 aliphatic carbocycles. The fraction of sp³-hybridized carbons (Fsp3) is 0.200. The molecule has 0 heterocycles. The van der Waals surface area contributed by atoms with E-state index in [1.807, 2.05) is 50.2 Å². The highest BCUT2D eigenvalue weighted by Crippen LogP contribution is 2.24. The Hall–Kier alpha value is -1.000. The van der Waals surface area contributed by atoms with Crippen LogP contribution in [0.4, 0.5) is 0 Å². The number of hydrogen-bond acceptors (Lipinski definition) is 2. The van der Waals surface area contributed by atoms with Crippen molar-refractivity contribution in [3.63, 3.8) is 0 Å². The van der Waals surface area contributed by atoms with Gasteiger partial charge in [0, 0.05) is 8.95 Å². The van der Waals surface area contributed by atoms with Gasteiger partial charge in [-0.05, 0) is 61.4 Å². The number of halogens is 2. The van der Waals surface area contributed by atoms with E-state index in [0.717, 1.165) is 31.6 Å². The lowest BCUT2D eigenvalue weighted by Gasteiger charge is -2.12. The lowest BCUT2D eigenvalue weighted by atomic mass is 10.2. The largest absolute Gasteiger partial charge is 0.457 e. The Labute approximate surface area is 130 Å². The van der Waals surface area contributed by atoms with Crippen LogP contribution in [-0.2, 0) is 0 Å². The van der Waals surface area contributed by atoms with Crippen molar-refractivity contribution in [1.82, 2.24) is 0 Å². The molecule has 0 saturated heterocycles. The summed E-state index contributed by atoms with van der Waals surface area (Å²) >= 11 is 6.85. The van der Waals surface area contributed by atoms with Crippen LogP contribution >= 0.6 is 31.9 Å². The van der Waals surface area contributed by atoms with E-state index in [0.29, 0.717) is 0 Å². The van der Waals surface area contributed by atoms with Gasteiger partial charge in [0.05, 0.1) is 0 Å². The highest BCUT2D eigenvalue weighted by atomic mass is 79.9. The van der Waals surface area contributed by atoms with Gasteiger partial charge < -0.3 is 9.47 Å². The molecular weight excluding hydrogens is 372 g/mol. The molecule has 0 amide bonds. The minimum atomic E-state index is 0.199. The molecule has 0 atom stereocenters. The van der Waals surface area contributed by atoms with Crippen LogP contribution in [0.15, 0.2) is 45.3 Å². The molecule has 2 aromatic rings. The van der Waals surface area contributed by atoms with Crippen molar-refractivity contribution in [2.45, 2.75) is 13.8 Å². The van der Waals surface area contributed by atoms with Crippen LogP contribution in [0.3, 0.4) is 0 Å². The molecule has 0 unspecified atom stereocenters. The van der Waals surface area contributed by atoms with E-state index in [2.05, 4.69) is 31.9 Å². The van der Waals surface area contributed by atoms with Crippen LogP contribution in [0.25, 0.3) is 0 Å². The van der Waals surface area contributed by atoms with Gasteiger partial charge in [-0.25, -0.2) is 0 Å². The van der Waals surface area contributed by atoms with E-state index in [-0.39, 0.29) is 6.79 Å². The number of benzene rings is 2. The van der Waals surface area contributed by atoms with Gasteiger partial charge in [-0.3, -0.25) is 0 Å². The van der Waals surface area contributed by atoms with Gasteiger partial charge in [0.2, 0.25) is 6.79 Å². The molecule has 100 valence electrons. The van der Waals surface area contributed by atoms with E-state index < -0.39 is 0 Å². The molecule has 0 aliphatic heterocycles. The summed E-state index contributed by atoms with van der Waals surface area (Å²) in [6.45, 7) is 4.21. The minimum Gasteiger partial charge on any atom is -0.457 e. The van der Waals surface area contributed by atoms with Crippen LogP contribution in [0.2, 0.25) is 0 Å². The fourth-order valence-corrected chi connectivity index (χ4v) is 2.66. The Balaban J connectivity index is 1.96. The van der Waals surface area contributed by atoms with Crippen LogP contribution in [0.5, 0.6) is 11.5 Å². The first kappa shape index (κ1) is 14.4. The number of hydrogen-bond donors (Lipinski definition) is 0. The molecule has 2 nitrogen and oxygen atoms in total. The van der Waals surface area contributed by atoms with Gasteiger partial charge in [0.25, 0.3) is 0 Å². The van der Waals surface area contributed by atoms with Crippen LogP contribution < -0.4 is 9.47 Å². The van der Waals surface area contributed by atoms with Crippen molar-refractivity contribution in [2.24, 2.45) is 0 Å². The highest BCUT2D eigenvalue weighted by molar-refractivity contribution is 9.10. The van der Waals surface area contributed by atoms with Gasteiger partial charge in [-0.1, -0.05) is 31.9 Å². The van der Waals surface area contributed by atoms with Gasteiger partial charge in [0.15, 0.2) is 0 Å². The standard InChI is InChI=1S/C15H14Br2O2/c1-10-7-12(16)3-5-14(10)18-9-19-15-6-4-13(17)8-11(15)2/h3-8H,9H2,1-2H3. The maximum absolute atomic E-state index is 5.63. The molecule has 2 rings (SSSR count). The molecule has 0 saturated carbocycles. The molecule has 0 bridgehead atoms. The van der Waals surface area contributed by atoms with Crippen molar-refractivity contribution in [2.75, 3.05) is 6.79 Å². The monoisotopic (exact) mass is 384 g/mol. The average molecular weight is 386 g/mol. The summed E-state index contributed by atoms with van der Waals surface area (Å²) in [7, 11) is 0. The zero-order valence-corrected chi connectivity index (χ0v) is 13.9. The highest BCUT2D eigenvalue weighted by Gasteiger charge is 2.02. The molecule has 19 heavy (non-hydrogen) atoms. The summed E-state index contributed by atoms with van der Waals surface area (Å²) in [5.74, 6) is 1.66. The summed E-state index contributed by atoms with van der Waals surface area (Å²) in [6.07, 6.45) is 0. The van der Waals surface area contributed by atoms with E-state index in [1.165, 1.54) is 0 Å². The average Bonchev–Trinajstić information content (AvgIpc) is 2.34. The maximum Gasteiger partial charge on any atom is 0.230 e. The Bertz CT molecular complexity index is 531. The van der Waals surface area contributed by atoms with E-state index in [9.17, 15) is 0 Å². The van der Waals surface area contributed by atoms with Crippen molar-refractivity contribution in [3.8, 4) is 11.5 Å². The Morgan fingerprint density at radius 1 is 0.789 bits per heavy atom. The van der Waals surface area contributed by atoms with Crippen molar-refractivity contribution in [1.29, 1.82) is 0 Å². The van der Waals surface area contributed by atoms with Crippen molar-refractivity contribution >= 4 is 31.9 Å². The molecular formula is C15H14Br2O2. The Kier molecular flexibility index (Phi) is 4.88. The SMILES string of the molecule is Cc1cc(Br)ccc1OCOc1ccc(Br)cc1C. The number of rotatable bonds is 4. The van der Waals surface area contributed by atoms with E-state index >= 15 is 0 Å². The second kappa shape index (κ2) is 6.44. The quantitative estimate of drug-likeness (QED) is 0.669. The lowest BCUT2D eigenvalue weighted by Crippen LogP contribution is -2.07. The first-order valence-electron chi connectivity index (χ1n) is 5.84. The van der Waals surface area contributed by atoms with E-state index in [4.69, 9.17) is 9.47 Å². The summed E-state index contributed by atoms with van der Waals surface area (Å²) in [4.78, 5) is 0. The van der Waals surface area contributed by atoms with Crippen molar-refractivity contribution in [3.05, 3.63) is 56.5 Å². The van der Waals surface area contributed by atoms with Crippen LogP contribution in [-0.4, -0.2) is 6.79 Å². The number of ether oxygens (including phenoxy) is 2.